The Hall–Kier alpha value is -3.40. The van der Waals surface area contributed by atoms with Crippen molar-refractivity contribution in [1.29, 1.82) is 0 Å². The number of amides is 1. The molecular formula is C26H29F3N4O3. The quantitative estimate of drug-likeness (QED) is 0.552. The Labute approximate surface area is 207 Å². The molecule has 3 aromatic rings. The predicted molar refractivity (Wildman–Crippen MR) is 130 cm³/mol. The Morgan fingerprint density at radius 1 is 0.944 bits per heavy atom. The van der Waals surface area contributed by atoms with E-state index in [0.717, 1.165) is 68.7 Å². The van der Waals surface area contributed by atoms with Crippen LogP contribution in [-0.2, 0) is 11.3 Å². The first-order valence-electron chi connectivity index (χ1n) is 12.2. The molecule has 10 heteroatoms. The maximum Gasteiger partial charge on any atom is 0.573 e. The second-order valence-electron chi connectivity index (χ2n) is 9.40. The highest BCUT2D eigenvalue weighted by molar-refractivity contribution is 5.90. The number of aromatic hydroxyl groups is 1. The van der Waals surface area contributed by atoms with Crippen LogP contribution in [-0.4, -0.2) is 77.6 Å². The van der Waals surface area contributed by atoms with Crippen molar-refractivity contribution < 1.29 is 27.8 Å². The van der Waals surface area contributed by atoms with Crippen LogP contribution in [0.3, 0.4) is 0 Å². The van der Waals surface area contributed by atoms with Gasteiger partial charge in [0, 0.05) is 61.9 Å². The fourth-order valence-electron chi connectivity index (χ4n) is 4.98. The van der Waals surface area contributed by atoms with Gasteiger partial charge in [0.2, 0.25) is 5.91 Å². The maximum absolute atomic E-state index is 12.4. The van der Waals surface area contributed by atoms with E-state index in [1.54, 1.807) is 16.7 Å². The van der Waals surface area contributed by atoms with E-state index in [1.165, 1.54) is 12.1 Å². The summed E-state index contributed by atoms with van der Waals surface area (Å²) in [5.41, 5.74) is 1.79. The molecule has 0 saturated carbocycles. The lowest BCUT2D eigenvalue weighted by atomic mass is 10.1. The van der Waals surface area contributed by atoms with Gasteiger partial charge in [0.15, 0.2) is 5.88 Å². The zero-order valence-corrected chi connectivity index (χ0v) is 19.9. The van der Waals surface area contributed by atoms with Crippen LogP contribution in [0.2, 0.25) is 0 Å². The molecule has 0 aliphatic carbocycles. The molecule has 2 aliphatic rings. The van der Waals surface area contributed by atoms with E-state index in [-0.39, 0.29) is 17.5 Å². The number of piperazine rings is 1. The average Bonchev–Trinajstić information content (AvgIpc) is 3.49. The molecule has 2 fully saturated rings. The van der Waals surface area contributed by atoms with Crippen LogP contribution in [0.5, 0.6) is 11.6 Å². The van der Waals surface area contributed by atoms with Gasteiger partial charge in [0.1, 0.15) is 5.75 Å². The minimum atomic E-state index is -4.73. The largest absolute Gasteiger partial charge is 0.573 e. The number of anilines is 1. The molecule has 1 aromatic heterocycles. The van der Waals surface area contributed by atoms with Crippen LogP contribution >= 0.6 is 0 Å². The minimum absolute atomic E-state index is 0.109. The van der Waals surface area contributed by atoms with E-state index < -0.39 is 6.36 Å². The Morgan fingerprint density at radius 3 is 2.31 bits per heavy atom. The molecule has 1 amide bonds. The molecule has 0 spiro atoms. The van der Waals surface area contributed by atoms with Crippen molar-refractivity contribution in [2.24, 2.45) is 0 Å². The van der Waals surface area contributed by atoms with Gasteiger partial charge >= 0.3 is 6.36 Å². The van der Waals surface area contributed by atoms with Crippen molar-refractivity contribution >= 4 is 22.4 Å². The highest BCUT2D eigenvalue weighted by Crippen LogP contribution is 2.32. The summed E-state index contributed by atoms with van der Waals surface area (Å²) in [5.74, 6) is 0.0532. The third kappa shape index (κ3) is 5.53. The summed E-state index contributed by atoms with van der Waals surface area (Å²) < 4.78 is 42.7. The monoisotopic (exact) mass is 502 g/mol. The summed E-state index contributed by atoms with van der Waals surface area (Å²) >= 11 is 0. The van der Waals surface area contributed by atoms with Crippen molar-refractivity contribution in [2.75, 3.05) is 50.7 Å². The van der Waals surface area contributed by atoms with E-state index in [0.29, 0.717) is 18.5 Å². The third-order valence-electron chi connectivity index (χ3n) is 6.91. The first-order valence-corrected chi connectivity index (χ1v) is 12.2. The van der Waals surface area contributed by atoms with Gasteiger partial charge in [-0.2, -0.15) is 0 Å². The number of hydrogen-bond donors (Lipinski definition) is 1. The Balaban J connectivity index is 1.22. The van der Waals surface area contributed by atoms with Gasteiger partial charge < -0.3 is 24.2 Å². The molecule has 2 saturated heterocycles. The maximum atomic E-state index is 12.4. The SMILES string of the molecule is O=C(CN1CCN(c2ccc3c(O)n(Cc4ccc(OC(F)(F)F)cc4)cc3c2)CC1)N1CCCC1. The van der Waals surface area contributed by atoms with E-state index >= 15 is 0 Å². The second kappa shape index (κ2) is 9.93. The van der Waals surface area contributed by atoms with Crippen molar-refractivity contribution in [3.63, 3.8) is 0 Å². The van der Waals surface area contributed by atoms with Crippen LogP contribution in [0.1, 0.15) is 18.4 Å². The lowest BCUT2D eigenvalue weighted by Gasteiger charge is -2.36. The number of carbonyl (C=O) groups is 1. The number of halogens is 3. The van der Waals surface area contributed by atoms with Crippen molar-refractivity contribution in [3.8, 4) is 11.6 Å². The van der Waals surface area contributed by atoms with Crippen LogP contribution in [0, 0.1) is 0 Å². The van der Waals surface area contributed by atoms with Crippen LogP contribution in [0.15, 0.2) is 48.7 Å². The Kier molecular flexibility index (Phi) is 6.70. The molecule has 0 unspecified atom stereocenters. The highest BCUT2D eigenvalue weighted by Gasteiger charge is 2.31. The summed E-state index contributed by atoms with van der Waals surface area (Å²) in [5, 5.41) is 12.3. The summed E-state index contributed by atoms with van der Waals surface area (Å²) in [6.07, 6.45) is -0.683. The number of fused-ring (bicyclic) bond motifs is 1. The number of carbonyl (C=O) groups excluding carboxylic acids is 1. The molecule has 0 bridgehead atoms. The molecule has 7 nitrogen and oxygen atoms in total. The van der Waals surface area contributed by atoms with Crippen molar-refractivity contribution in [3.05, 3.63) is 54.2 Å². The molecule has 0 atom stereocenters. The van der Waals surface area contributed by atoms with E-state index in [1.807, 2.05) is 29.3 Å². The fraction of sp³-hybridized carbons (Fsp3) is 0.423. The standard InChI is InChI=1S/C26H29F3N4O3/c27-26(28,29)36-22-6-3-19(4-7-22)16-33-17-20-15-21(5-8-23(20)25(33)35)31-13-11-30(12-14-31)18-24(34)32-9-1-2-10-32/h3-8,15,17,35H,1-2,9-14,16,18H2. The third-order valence-corrected chi connectivity index (χ3v) is 6.91. The van der Waals surface area contributed by atoms with Crippen molar-refractivity contribution in [2.45, 2.75) is 25.7 Å². The van der Waals surface area contributed by atoms with Crippen LogP contribution < -0.4 is 9.64 Å². The predicted octanol–water partition coefficient (Wildman–Crippen LogP) is 4.04. The summed E-state index contributed by atoms with van der Waals surface area (Å²) in [6, 6.07) is 11.5. The zero-order valence-electron chi connectivity index (χ0n) is 19.9. The van der Waals surface area contributed by atoms with Gasteiger partial charge in [-0.3, -0.25) is 9.69 Å². The lowest BCUT2D eigenvalue weighted by molar-refractivity contribution is -0.274. The van der Waals surface area contributed by atoms with Gasteiger partial charge in [-0.15, -0.1) is 13.2 Å². The molecule has 5 rings (SSSR count). The van der Waals surface area contributed by atoms with E-state index in [4.69, 9.17) is 0 Å². The fourth-order valence-corrected chi connectivity index (χ4v) is 4.98. The molecular weight excluding hydrogens is 473 g/mol. The van der Waals surface area contributed by atoms with E-state index in [2.05, 4.69) is 14.5 Å². The van der Waals surface area contributed by atoms with Gasteiger partial charge in [0.25, 0.3) is 0 Å². The number of benzene rings is 2. The number of rotatable bonds is 6. The first kappa shape index (κ1) is 24.3. The smallest absolute Gasteiger partial charge is 0.494 e. The number of nitrogens with zero attached hydrogens (tertiary/aromatic N) is 4. The normalized spacial score (nSPS) is 17.2. The number of hydrogen-bond acceptors (Lipinski definition) is 5. The number of alkyl halides is 3. The first-order chi connectivity index (χ1) is 17.2. The molecule has 0 radical (unpaired) electrons. The molecule has 192 valence electrons. The Bertz CT molecular complexity index is 1210. The highest BCUT2D eigenvalue weighted by atomic mass is 19.4. The molecule has 1 N–H and O–H groups in total. The number of ether oxygens (including phenoxy) is 1. The topological polar surface area (TPSA) is 61.2 Å². The summed E-state index contributed by atoms with van der Waals surface area (Å²) in [7, 11) is 0. The molecule has 2 aromatic carbocycles. The molecule has 2 aliphatic heterocycles. The van der Waals surface area contributed by atoms with E-state index in [9.17, 15) is 23.1 Å². The van der Waals surface area contributed by atoms with Crippen LogP contribution in [0.4, 0.5) is 18.9 Å². The average molecular weight is 503 g/mol. The summed E-state index contributed by atoms with van der Waals surface area (Å²) in [6.45, 7) is 5.82. The van der Waals surface area contributed by atoms with Crippen LogP contribution in [0.25, 0.3) is 10.8 Å². The van der Waals surface area contributed by atoms with Gasteiger partial charge in [0.05, 0.1) is 13.1 Å². The molecule has 36 heavy (non-hydrogen) atoms. The molecule has 3 heterocycles. The zero-order chi connectivity index (χ0) is 25.3. The number of likely N-dealkylation sites (tertiary alicyclic amines) is 1. The second-order valence-corrected chi connectivity index (χ2v) is 9.40. The number of aromatic nitrogens is 1. The van der Waals surface area contributed by atoms with Gasteiger partial charge in [-0.25, -0.2) is 0 Å². The summed E-state index contributed by atoms with van der Waals surface area (Å²) in [4.78, 5) is 18.9. The van der Waals surface area contributed by atoms with Gasteiger partial charge in [-0.05, 0) is 48.7 Å². The Morgan fingerprint density at radius 2 is 1.64 bits per heavy atom. The van der Waals surface area contributed by atoms with Crippen molar-refractivity contribution in [1.82, 2.24) is 14.4 Å². The minimum Gasteiger partial charge on any atom is -0.494 e. The lowest BCUT2D eigenvalue weighted by Crippen LogP contribution is -2.49. The van der Waals surface area contributed by atoms with Gasteiger partial charge in [-0.1, -0.05) is 12.1 Å².